The zero-order valence-electron chi connectivity index (χ0n) is 17.9. The first-order chi connectivity index (χ1) is 16.2. The van der Waals surface area contributed by atoms with E-state index in [4.69, 9.17) is 16.5 Å². The molecule has 0 bridgehead atoms. The monoisotopic (exact) mass is 615 g/mol. The molecule has 1 spiro atoms. The van der Waals surface area contributed by atoms with Crippen molar-refractivity contribution >= 4 is 5.69 Å². The van der Waals surface area contributed by atoms with Crippen LogP contribution < -0.4 is 0 Å². The first-order valence-electron chi connectivity index (χ1n) is 10.7. The summed E-state index contributed by atoms with van der Waals surface area (Å²) in [5.74, 6) is 2.70. The molecule has 0 aliphatic heterocycles. The maximum Gasteiger partial charge on any atom is 4.00 e. The standard InChI is InChI=1S/C29H16N4.Pt/c1-31-22-9-3-8-21(15-22)26-11-5-13-28(33-26)24-17-29(24)16-23(29)27-12-4-10-25(32-27)20-7-2-6-19(14-20)18-30;/h2-6,9-15H,16-17H2;/q-4;+4. The summed E-state index contributed by atoms with van der Waals surface area (Å²) in [6, 6.07) is 31.4. The molecule has 0 saturated heterocycles. The molecule has 2 aliphatic rings. The summed E-state index contributed by atoms with van der Waals surface area (Å²) >= 11 is 0. The SMILES string of the molecule is [C-]#[N+]c1cc[c-]c(-c2cccc([C-]3CC34C[C-]4c3cccc(-c4[c-]ccc(C#N)c4)n3)n2)c1.[Pt+4]. The van der Waals surface area contributed by atoms with Crippen LogP contribution in [0.15, 0.2) is 72.8 Å². The van der Waals surface area contributed by atoms with Crippen LogP contribution in [0.4, 0.5) is 5.69 Å². The third-order valence-corrected chi connectivity index (χ3v) is 6.38. The fraction of sp³-hybridized carbons (Fsp3) is 0.103. The molecule has 34 heavy (non-hydrogen) atoms. The number of benzene rings is 2. The van der Waals surface area contributed by atoms with Gasteiger partial charge >= 0.3 is 21.1 Å². The molecule has 1 atom stereocenters. The number of hydrogen-bond acceptors (Lipinski definition) is 3. The van der Waals surface area contributed by atoms with Gasteiger partial charge in [-0.15, -0.1) is 95.4 Å². The van der Waals surface area contributed by atoms with E-state index < -0.39 is 0 Å². The van der Waals surface area contributed by atoms with Crippen molar-refractivity contribution in [2.45, 2.75) is 12.8 Å². The van der Waals surface area contributed by atoms with E-state index in [1.807, 2.05) is 36.4 Å². The van der Waals surface area contributed by atoms with Crippen LogP contribution in [0.5, 0.6) is 0 Å². The van der Waals surface area contributed by atoms with Crippen molar-refractivity contribution in [2.24, 2.45) is 5.41 Å². The molecule has 0 amide bonds. The Morgan fingerprint density at radius 2 is 1.47 bits per heavy atom. The Morgan fingerprint density at radius 1 is 0.882 bits per heavy atom. The van der Waals surface area contributed by atoms with E-state index in [1.165, 1.54) is 11.8 Å². The summed E-state index contributed by atoms with van der Waals surface area (Å²) < 4.78 is 0. The average Bonchev–Trinajstić information content (AvgIpc) is 3.81. The Kier molecular flexibility index (Phi) is 5.49. The predicted molar refractivity (Wildman–Crippen MR) is 124 cm³/mol. The zero-order chi connectivity index (χ0) is 22.4. The van der Waals surface area contributed by atoms with Crippen LogP contribution in [0.1, 0.15) is 29.8 Å². The largest absolute Gasteiger partial charge is 4.00 e. The van der Waals surface area contributed by atoms with E-state index in [0.717, 1.165) is 46.7 Å². The number of nitriles is 1. The Balaban J connectivity index is 0.00000241. The average molecular weight is 616 g/mol. The first kappa shape index (κ1) is 22.0. The van der Waals surface area contributed by atoms with Gasteiger partial charge in [0.25, 0.3) is 0 Å². The van der Waals surface area contributed by atoms with Crippen molar-refractivity contribution in [1.82, 2.24) is 9.97 Å². The number of rotatable bonds is 4. The minimum absolute atomic E-state index is 0. The van der Waals surface area contributed by atoms with E-state index in [2.05, 4.69) is 35.2 Å². The predicted octanol–water partition coefficient (Wildman–Crippen LogP) is 6.17. The molecule has 4 nitrogen and oxygen atoms in total. The third-order valence-electron chi connectivity index (χ3n) is 6.38. The van der Waals surface area contributed by atoms with Crippen LogP contribution in [0.2, 0.25) is 0 Å². The first-order valence-corrected chi connectivity index (χ1v) is 10.7. The molecule has 2 aromatic heterocycles. The van der Waals surface area contributed by atoms with Gasteiger partial charge in [0, 0.05) is 0 Å². The number of nitrogens with zero attached hydrogens (tertiary/aromatic N) is 4. The van der Waals surface area contributed by atoms with Gasteiger partial charge in [-0.25, -0.2) is 11.8 Å². The number of aromatic nitrogens is 2. The zero-order valence-corrected chi connectivity index (χ0v) is 20.2. The van der Waals surface area contributed by atoms with E-state index in [-0.39, 0.29) is 26.5 Å². The van der Waals surface area contributed by atoms with Crippen LogP contribution in [0.25, 0.3) is 27.4 Å². The Labute approximate surface area is 213 Å². The van der Waals surface area contributed by atoms with Gasteiger partial charge < -0.3 is 9.97 Å². The normalized spacial score (nSPS) is 17.5. The Hall–Kier alpha value is -3.85. The van der Waals surface area contributed by atoms with E-state index in [1.54, 1.807) is 24.3 Å². The van der Waals surface area contributed by atoms with Gasteiger partial charge in [0.2, 0.25) is 0 Å². The minimum atomic E-state index is 0. The van der Waals surface area contributed by atoms with Gasteiger partial charge in [-0.2, -0.15) is 23.5 Å². The molecule has 2 heterocycles. The van der Waals surface area contributed by atoms with Crippen LogP contribution in [-0.4, -0.2) is 9.97 Å². The van der Waals surface area contributed by atoms with Crippen LogP contribution in [-0.2, 0) is 21.1 Å². The molecule has 6 rings (SSSR count). The summed E-state index contributed by atoms with van der Waals surface area (Å²) in [4.78, 5) is 13.3. The molecule has 4 aromatic rings. The van der Waals surface area contributed by atoms with Crippen molar-refractivity contribution in [3.63, 3.8) is 0 Å². The second-order valence-electron chi connectivity index (χ2n) is 8.38. The van der Waals surface area contributed by atoms with Crippen molar-refractivity contribution in [1.29, 1.82) is 5.26 Å². The molecular formula is C29H16N4Pt. The molecule has 162 valence electrons. The van der Waals surface area contributed by atoms with Crippen LogP contribution in [0, 0.1) is 47.3 Å². The number of hydrogen-bond donors (Lipinski definition) is 0. The summed E-state index contributed by atoms with van der Waals surface area (Å²) in [6.45, 7) is 7.24. The van der Waals surface area contributed by atoms with E-state index in [9.17, 15) is 5.26 Å². The summed E-state index contributed by atoms with van der Waals surface area (Å²) in [5.41, 5.74) is 6.64. The molecule has 2 fully saturated rings. The molecule has 2 saturated carbocycles. The number of pyridine rings is 2. The molecule has 0 radical (unpaired) electrons. The topological polar surface area (TPSA) is 53.9 Å². The van der Waals surface area contributed by atoms with Crippen molar-refractivity contribution in [3.05, 3.63) is 125 Å². The summed E-state index contributed by atoms with van der Waals surface area (Å²) in [5, 5.41) is 9.18. The molecule has 5 heteroatoms. The maximum absolute atomic E-state index is 9.18. The van der Waals surface area contributed by atoms with Crippen molar-refractivity contribution in [3.8, 4) is 28.6 Å². The second-order valence-corrected chi connectivity index (χ2v) is 8.38. The van der Waals surface area contributed by atoms with E-state index in [0.29, 0.717) is 11.3 Å². The van der Waals surface area contributed by atoms with Crippen molar-refractivity contribution in [2.75, 3.05) is 0 Å². The summed E-state index contributed by atoms with van der Waals surface area (Å²) in [7, 11) is 0. The quantitative estimate of drug-likeness (QED) is 0.258. The molecule has 1 unspecified atom stereocenters. The Bertz CT molecular complexity index is 1370. The fourth-order valence-corrected chi connectivity index (χ4v) is 4.51. The van der Waals surface area contributed by atoms with Gasteiger partial charge in [-0.05, 0) is 17.0 Å². The maximum atomic E-state index is 9.18. The van der Waals surface area contributed by atoms with Crippen LogP contribution >= 0.6 is 0 Å². The third kappa shape index (κ3) is 3.77. The summed E-state index contributed by atoms with van der Waals surface area (Å²) in [6.07, 6.45) is 2.01. The molecular weight excluding hydrogens is 599 g/mol. The fourth-order valence-electron chi connectivity index (χ4n) is 4.51. The smallest absolute Gasteiger partial charge is 0.335 e. The van der Waals surface area contributed by atoms with E-state index >= 15 is 0 Å². The van der Waals surface area contributed by atoms with Crippen molar-refractivity contribution < 1.29 is 21.1 Å². The van der Waals surface area contributed by atoms with Gasteiger partial charge in [0.05, 0.1) is 12.6 Å². The molecule has 0 N–H and O–H groups in total. The van der Waals surface area contributed by atoms with Crippen LogP contribution in [0.3, 0.4) is 0 Å². The molecule has 2 aliphatic carbocycles. The van der Waals surface area contributed by atoms with Gasteiger partial charge in [0.15, 0.2) is 0 Å². The van der Waals surface area contributed by atoms with Gasteiger partial charge in [0.1, 0.15) is 5.69 Å². The molecule has 2 aromatic carbocycles. The van der Waals surface area contributed by atoms with Gasteiger partial charge in [-0.3, -0.25) is 4.85 Å². The van der Waals surface area contributed by atoms with Gasteiger partial charge in [-0.1, -0.05) is 12.1 Å². The minimum Gasteiger partial charge on any atom is -0.335 e. The second kappa shape index (κ2) is 8.49. The Morgan fingerprint density at radius 3 is 2.06 bits per heavy atom.